The fourth-order valence-electron chi connectivity index (χ4n) is 1.71. The van der Waals surface area contributed by atoms with Crippen LogP contribution >= 0.6 is 11.8 Å². The Morgan fingerprint density at radius 3 is 2.53 bits per heavy atom. The Labute approximate surface area is 95.6 Å². The number of carbonyl (C=O) groups excluding carboxylic acids is 1. The number of amides is 1. The number of aliphatic hydroxyl groups is 1. The average Bonchev–Trinajstić information content (AvgIpc) is 2.27. The van der Waals surface area contributed by atoms with Crippen LogP contribution in [0.2, 0.25) is 0 Å². The molecular weight excluding hydrogens is 212 g/mol. The van der Waals surface area contributed by atoms with Gasteiger partial charge in [0.25, 0.3) is 0 Å². The summed E-state index contributed by atoms with van der Waals surface area (Å²) in [6.45, 7) is 4.35. The molecule has 0 radical (unpaired) electrons. The van der Waals surface area contributed by atoms with Crippen LogP contribution in [0.4, 0.5) is 0 Å². The Bertz CT molecular complexity index is 194. The average molecular weight is 232 g/mol. The Kier molecular flexibility index (Phi) is 6.05. The van der Waals surface area contributed by atoms with Crippen molar-refractivity contribution in [2.24, 2.45) is 0 Å². The first kappa shape index (κ1) is 12.8. The number of hydrogen-bond donors (Lipinski definition) is 1. The summed E-state index contributed by atoms with van der Waals surface area (Å²) in [5.41, 5.74) is 0. The van der Waals surface area contributed by atoms with E-state index in [9.17, 15) is 4.79 Å². The third-order valence-corrected chi connectivity index (χ3v) is 3.27. The van der Waals surface area contributed by atoms with Gasteiger partial charge < -0.3 is 10.0 Å². The molecule has 1 N–H and O–H groups in total. The summed E-state index contributed by atoms with van der Waals surface area (Å²) < 4.78 is 0. The van der Waals surface area contributed by atoms with Crippen molar-refractivity contribution >= 4 is 17.7 Å². The molecule has 0 saturated carbocycles. The zero-order chi connectivity index (χ0) is 11.1. The lowest BCUT2D eigenvalue weighted by molar-refractivity contribution is -0.132. The van der Waals surface area contributed by atoms with E-state index in [1.54, 1.807) is 11.8 Å². The first-order valence-corrected chi connectivity index (χ1v) is 6.77. The van der Waals surface area contributed by atoms with Gasteiger partial charge in [0.2, 0.25) is 5.91 Å². The molecule has 1 aliphatic rings. The van der Waals surface area contributed by atoms with Gasteiger partial charge in [-0.05, 0) is 6.26 Å². The van der Waals surface area contributed by atoms with Crippen molar-refractivity contribution in [3.63, 3.8) is 0 Å². The molecule has 1 saturated heterocycles. The molecule has 15 heavy (non-hydrogen) atoms. The first-order valence-electron chi connectivity index (χ1n) is 5.38. The molecule has 0 bridgehead atoms. The Hall–Kier alpha value is -0.260. The molecule has 1 fully saturated rings. The molecule has 88 valence electrons. The summed E-state index contributed by atoms with van der Waals surface area (Å²) in [4.78, 5) is 15.8. The highest BCUT2D eigenvalue weighted by atomic mass is 32.2. The molecule has 5 heteroatoms. The van der Waals surface area contributed by atoms with Gasteiger partial charge in [0.15, 0.2) is 0 Å². The molecule has 0 atom stereocenters. The summed E-state index contributed by atoms with van der Waals surface area (Å²) in [7, 11) is 0. The minimum Gasteiger partial charge on any atom is -0.395 e. The van der Waals surface area contributed by atoms with E-state index >= 15 is 0 Å². The summed E-state index contributed by atoms with van der Waals surface area (Å²) in [5, 5.41) is 8.78. The molecule has 1 aliphatic heterocycles. The van der Waals surface area contributed by atoms with E-state index in [4.69, 9.17) is 5.11 Å². The van der Waals surface area contributed by atoms with Crippen LogP contribution in [-0.4, -0.2) is 72.2 Å². The topological polar surface area (TPSA) is 43.8 Å². The van der Waals surface area contributed by atoms with Crippen LogP contribution in [0.3, 0.4) is 0 Å². The molecule has 0 aliphatic carbocycles. The van der Waals surface area contributed by atoms with E-state index in [-0.39, 0.29) is 12.5 Å². The standard InChI is InChI=1S/C10H20N2O2S/c1-15-9-2-10(14)12-5-3-11(4-6-12)7-8-13/h13H,2-9H2,1H3. The van der Waals surface area contributed by atoms with Crippen molar-refractivity contribution in [1.82, 2.24) is 9.80 Å². The monoisotopic (exact) mass is 232 g/mol. The molecule has 1 rings (SSSR count). The van der Waals surface area contributed by atoms with Crippen molar-refractivity contribution < 1.29 is 9.90 Å². The number of hydrogen-bond acceptors (Lipinski definition) is 4. The van der Waals surface area contributed by atoms with Gasteiger partial charge in [0, 0.05) is 44.9 Å². The van der Waals surface area contributed by atoms with Gasteiger partial charge in [-0.15, -0.1) is 0 Å². The minimum absolute atomic E-state index is 0.209. The Balaban J connectivity index is 2.21. The highest BCUT2D eigenvalue weighted by Gasteiger charge is 2.19. The van der Waals surface area contributed by atoms with E-state index in [0.717, 1.165) is 38.5 Å². The number of carbonyl (C=O) groups is 1. The second-order valence-corrected chi connectivity index (χ2v) is 4.67. The molecule has 1 amide bonds. The second kappa shape index (κ2) is 7.09. The summed E-state index contributed by atoms with van der Waals surface area (Å²) in [5.74, 6) is 1.18. The van der Waals surface area contributed by atoms with E-state index in [2.05, 4.69) is 4.90 Å². The molecule has 0 aromatic carbocycles. The van der Waals surface area contributed by atoms with Crippen LogP contribution in [0.1, 0.15) is 6.42 Å². The summed E-state index contributed by atoms with van der Waals surface area (Å²) in [6, 6.07) is 0. The van der Waals surface area contributed by atoms with Crippen LogP contribution in [-0.2, 0) is 4.79 Å². The van der Waals surface area contributed by atoms with E-state index in [1.807, 2.05) is 11.2 Å². The van der Waals surface area contributed by atoms with Crippen LogP contribution in [0, 0.1) is 0 Å². The zero-order valence-corrected chi connectivity index (χ0v) is 10.1. The fourth-order valence-corrected chi connectivity index (χ4v) is 2.09. The largest absolute Gasteiger partial charge is 0.395 e. The number of thioether (sulfide) groups is 1. The predicted molar refractivity (Wildman–Crippen MR) is 63.1 cm³/mol. The summed E-state index contributed by atoms with van der Waals surface area (Å²) >= 11 is 1.71. The highest BCUT2D eigenvalue weighted by molar-refractivity contribution is 7.98. The van der Waals surface area contributed by atoms with Gasteiger partial charge in [0.05, 0.1) is 6.61 Å². The smallest absolute Gasteiger partial charge is 0.223 e. The lowest BCUT2D eigenvalue weighted by Crippen LogP contribution is -2.49. The first-order chi connectivity index (χ1) is 7.27. The fraction of sp³-hybridized carbons (Fsp3) is 0.900. The van der Waals surface area contributed by atoms with Gasteiger partial charge in [-0.3, -0.25) is 9.69 Å². The number of rotatable bonds is 5. The molecule has 0 spiro atoms. The third kappa shape index (κ3) is 4.40. The Morgan fingerprint density at radius 2 is 2.00 bits per heavy atom. The molecule has 0 aromatic rings. The molecular formula is C10H20N2O2S. The van der Waals surface area contributed by atoms with Crippen LogP contribution in [0.5, 0.6) is 0 Å². The number of aliphatic hydroxyl groups excluding tert-OH is 1. The van der Waals surface area contributed by atoms with Gasteiger partial charge in [-0.1, -0.05) is 0 Å². The van der Waals surface area contributed by atoms with Gasteiger partial charge >= 0.3 is 0 Å². The number of piperazine rings is 1. The quantitative estimate of drug-likeness (QED) is 0.717. The number of nitrogens with zero attached hydrogens (tertiary/aromatic N) is 2. The van der Waals surface area contributed by atoms with Gasteiger partial charge in [0.1, 0.15) is 0 Å². The van der Waals surface area contributed by atoms with Crippen molar-refractivity contribution in [2.75, 3.05) is 51.3 Å². The zero-order valence-electron chi connectivity index (χ0n) is 9.31. The predicted octanol–water partition coefficient (Wildman–Crippen LogP) is -0.124. The van der Waals surface area contributed by atoms with Crippen LogP contribution < -0.4 is 0 Å². The number of β-amino-alcohol motifs (C(OH)–C–C–N with tert-alkyl or cyclic N) is 1. The minimum atomic E-state index is 0.209. The second-order valence-electron chi connectivity index (χ2n) is 3.69. The van der Waals surface area contributed by atoms with E-state index < -0.39 is 0 Å². The lowest BCUT2D eigenvalue weighted by atomic mass is 10.3. The maximum absolute atomic E-state index is 11.7. The van der Waals surface area contributed by atoms with E-state index in [1.165, 1.54) is 0 Å². The van der Waals surface area contributed by atoms with Crippen molar-refractivity contribution in [3.05, 3.63) is 0 Å². The van der Waals surface area contributed by atoms with Crippen LogP contribution in [0.15, 0.2) is 0 Å². The third-order valence-electron chi connectivity index (χ3n) is 2.66. The normalized spacial score (nSPS) is 18.1. The SMILES string of the molecule is CSCCC(=O)N1CCN(CCO)CC1. The lowest BCUT2D eigenvalue weighted by Gasteiger charge is -2.34. The van der Waals surface area contributed by atoms with Crippen LogP contribution in [0.25, 0.3) is 0 Å². The maximum Gasteiger partial charge on any atom is 0.223 e. The highest BCUT2D eigenvalue weighted by Crippen LogP contribution is 2.05. The maximum atomic E-state index is 11.7. The molecule has 4 nitrogen and oxygen atoms in total. The Morgan fingerprint density at radius 1 is 1.33 bits per heavy atom. The van der Waals surface area contributed by atoms with Gasteiger partial charge in [-0.25, -0.2) is 0 Å². The van der Waals surface area contributed by atoms with Crippen molar-refractivity contribution in [2.45, 2.75) is 6.42 Å². The van der Waals surface area contributed by atoms with Crippen molar-refractivity contribution in [3.8, 4) is 0 Å². The molecule has 0 unspecified atom stereocenters. The van der Waals surface area contributed by atoms with Crippen molar-refractivity contribution in [1.29, 1.82) is 0 Å². The molecule has 1 heterocycles. The van der Waals surface area contributed by atoms with E-state index in [0.29, 0.717) is 6.42 Å². The summed E-state index contributed by atoms with van der Waals surface area (Å²) in [6.07, 6.45) is 2.67. The van der Waals surface area contributed by atoms with Gasteiger partial charge in [-0.2, -0.15) is 11.8 Å². The molecule has 0 aromatic heterocycles.